The van der Waals surface area contributed by atoms with Crippen molar-refractivity contribution >= 4 is 27.7 Å². The summed E-state index contributed by atoms with van der Waals surface area (Å²) in [4.78, 5) is 7.37. The number of anilines is 1. The molecule has 0 saturated carbocycles. The Morgan fingerprint density at radius 2 is 2.04 bits per heavy atom. The Labute approximate surface area is 160 Å². The van der Waals surface area contributed by atoms with Crippen LogP contribution in [0.1, 0.15) is 18.7 Å². The van der Waals surface area contributed by atoms with Gasteiger partial charge < -0.3 is 9.88 Å². The first kappa shape index (κ1) is 19.1. The maximum Gasteiger partial charge on any atom is 0.449 e. The number of likely N-dealkylation sites (tertiary alicyclic amines) is 1. The molecule has 2 aliphatic heterocycles. The van der Waals surface area contributed by atoms with Gasteiger partial charge in [0.25, 0.3) is 0 Å². The molecule has 4 rings (SSSR count). The average Bonchev–Trinajstić information content (AvgIpc) is 3.27. The molecule has 0 unspecified atom stereocenters. The second kappa shape index (κ2) is 6.70. The molecule has 152 valence electrons. The first-order valence-corrected chi connectivity index (χ1v) is 10.2. The Kier molecular flexibility index (Phi) is 4.58. The van der Waals surface area contributed by atoms with Crippen LogP contribution < -0.4 is 4.31 Å². The van der Waals surface area contributed by atoms with Gasteiger partial charge in [0.2, 0.25) is 5.82 Å². The van der Waals surface area contributed by atoms with E-state index in [1.54, 1.807) is 9.21 Å². The number of nitrogens with zero attached hydrogens (tertiary/aromatic N) is 5. The number of hydrogen-bond donors (Lipinski definition) is 3. The average molecular weight is 416 g/mol. The zero-order chi connectivity index (χ0) is 20.1. The highest BCUT2D eigenvalue weighted by atomic mass is 32.3. The standard InChI is InChI=1S/C16H19F3N6O2S/c17-16(18,19)15-21-13-3-2-11(8-14(13)22-15)24-5-1-6-25(28(24,26)27)12-4-7-23(9-12)10-20/h2-3,8,12,26-27H,1,4-7,9H2,(H,21,22)/t12-/m1/s1. The van der Waals surface area contributed by atoms with Crippen LogP contribution in [0.2, 0.25) is 0 Å². The van der Waals surface area contributed by atoms with Gasteiger partial charge in [-0.05, 0) is 31.0 Å². The van der Waals surface area contributed by atoms with Crippen molar-refractivity contribution in [2.75, 3.05) is 30.5 Å². The van der Waals surface area contributed by atoms with Crippen LogP contribution in [0.4, 0.5) is 18.9 Å². The SMILES string of the molecule is N#CN1CC[C@@H](N2CCCN(c3ccc4nc(C(F)(F)F)[nH]c4c3)S2(O)O)C1. The van der Waals surface area contributed by atoms with E-state index in [9.17, 15) is 22.3 Å². The first-order chi connectivity index (χ1) is 13.2. The minimum absolute atomic E-state index is 0.155. The van der Waals surface area contributed by atoms with E-state index in [4.69, 9.17) is 5.26 Å². The third-order valence-electron chi connectivity index (χ3n) is 5.08. The molecule has 12 heteroatoms. The monoisotopic (exact) mass is 416 g/mol. The number of halogens is 3. The first-order valence-electron chi connectivity index (χ1n) is 8.74. The molecule has 2 fully saturated rings. The smallest absolute Gasteiger partial charge is 0.334 e. The Bertz CT molecular complexity index is 927. The summed E-state index contributed by atoms with van der Waals surface area (Å²) >= 11 is 0. The van der Waals surface area contributed by atoms with Gasteiger partial charge in [-0.25, -0.2) is 4.98 Å². The van der Waals surface area contributed by atoms with E-state index in [2.05, 4.69) is 16.2 Å². The maximum atomic E-state index is 12.9. The summed E-state index contributed by atoms with van der Waals surface area (Å²) in [5.41, 5.74) is 0.736. The molecule has 8 nitrogen and oxygen atoms in total. The van der Waals surface area contributed by atoms with Crippen molar-refractivity contribution in [1.82, 2.24) is 19.2 Å². The fourth-order valence-electron chi connectivity index (χ4n) is 3.75. The highest BCUT2D eigenvalue weighted by Gasteiger charge is 2.41. The summed E-state index contributed by atoms with van der Waals surface area (Å²) in [5, 5.41) is 9.04. The lowest BCUT2D eigenvalue weighted by Gasteiger charge is -2.55. The summed E-state index contributed by atoms with van der Waals surface area (Å²) in [6, 6.07) is 4.25. The van der Waals surface area contributed by atoms with Gasteiger partial charge in [-0.2, -0.15) is 22.7 Å². The van der Waals surface area contributed by atoms with Crippen molar-refractivity contribution < 1.29 is 22.3 Å². The van der Waals surface area contributed by atoms with E-state index in [-0.39, 0.29) is 17.1 Å². The highest BCUT2D eigenvalue weighted by Crippen LogP contribution is 2.54. The molecule has 3 N–H and O–H groups in total. The fourth-order valence-corrected chi connectivity index (χ4v) is 5.72. The van der Waals surface area contributed by atoms with Gasteiger partial charge in [-0.15, -0.1) is 0 Å². The molecule has 0 bridgehead atoms. The Morgan fingerprint density at radius 3 is 2.71 bits per heavy atom. The lowest BCUT2D eigenvalue weighted by molar-refractivity contribution is -0.144. The Hall–Kier alpha value is -2.20. The normalized spacial score (nSPS) is 24.5. The van der Waals surface area contributed by atoms with Crippen LogP contribution in [0.5, 0.6) is 0 Å². The van der Waals surface area contributed by atoms with Gasteiger partial charge in [-0.1, -0.05) is 11.0 Å². The molecule has 1 atom stereocenters. The summed E-state index contributed by atoms with van der Waals surface area (Å²) < 4.78 is 63.6. The van der Waals surface area contributed by atoms with Crippen molar-refractivity contribution in [2.24, 2.45) is 0 Å². The van der Waals surface area contributed by atoms with Crippen LogP contribution in [0.15, 0.2) is 18.2 Å². The molecule has 0 amide bonds. The van der Waals surface area contributed by atoms with Crippen molar-refractivity contribution in [1.29, 1.82) is 5.26 Å². The molecule has 2 aromatic rings. The number of nitriles is 1. The number of H-pyrrole nitrogens is 1. The molecular formula is C16H19F3N6O2S. The number of hydrogen-bond acceptors (Lipinski definition) is 7. The second-order valence-corrected chi connectivity index (χ2v) is 8.75. The van der Waals surface area contributed by atoms with E-state index >= 15 is 0 Å². The zero-order valence-corrected chi connectivity index (χ0v) is 15.5. The quantitative estimate of drug-likeness (QED) is 0.646. The maximum absolute atomic E-state index is 12.9. The topological polar surface area (TPSA) is 103 Å². The Balaban J connectivity index is 1.63. The van der Waals surface area contributed by atoms with Gasteiger partial charge in [0.05, 0.1) is 22.8 Å². The van der Waals surface area contributed by atoms with E-state index in [0.717, 1.165) is 0 Å². The number of fused-ring (bicyclic) bond motifs is 1. The molecule has 1 aromatic carbocycles. The summed E-state index contributed by atoms with van der Waals surface area (Å²) in [5.74, 6) is -1.09. The minimum Gasteiger partial charge on any atom is -0.334 e. The number of aromatic amines is 1. The summed E-state index contributed by atoms with van der Waals surface area (Å²) in [6.07, 6.45) is -1.21. The van der Waals surface area contributed by atoms with E-state index in [1.807, 2.05) is 0 Å². The Morgan fingerprint density at radius 1 is 1.25 bits per heavy atom. The molecule has 28 heavy (non-hydrogen) atoms. The number of imidazole rings is 1. The minimum atomic E-state index is -4.58. The molecule has 0 radical (unpaired) electrons. The number of benzene rings is 1. The highest BCUT2D eigenvalue weighted by molar-refractivity contribution is 8.23. The van der Waals surface area contributed by atoms with Gasteiger partial charge in [-0.3, -0.25) is 13.4 Å². The summed E-state index contributed by atoms with van der Waals surface area (Å²) in [6.45, 7) is 1.83. The number of nitrogens with one attached hydrogen (secondary N) is 1. The van der Waals surface area contributed by atoms with Crippen LogP contribution >= 0.6 is 11.0 Å². The van der Waals surface area contributed by atoms with Gasteiger partial charge in [0.1, 0.15) is 0 Å². The molecular weight excluding hydrogens is 397 g/mol. The number of rotatable bonds is 2. The molecule has 0 aliphatic carbocycles. The van der Waals surface area contributed by atoms with Crippen molar-refractivity contribution in [3.05, 3.63) is 24.0 Å². The van der Waals surface area contributed by atoms with E-state index in [1.165, 1.54) is 22.5 Å². The van der Waals surface area contributed by atoms with Crippen molar-refractivity contribution in [3.8, 4) is 6.19 Å². The largest absolute Gasteiger partial charge is 0.449 e. The van der Waals surface area contributed by atoms with E-state index < -0.39 is 23.0 Å². The molecule has 1 aromatic heterocycles. The van der Waals surface area contributed by atoms with Crippen LogP contribution in [-0.2, 0) is 6.18 Å². The predicted molar refractivity (Wildman–Crippen MR) is 98.2 cm³/mol. The van der Waals surface area contributed by atoms with Gasteiger partial charge in [0.15, 0.2) is 6.19 Å². The molecule has 2 aliphatic rings. The lowest BCUT2D eigenvalue weighted by atomic mass is 10.2. The molecule has 2 saturated heterocycles. The predicted octanol–water partition coefficient (Wildman–Crippen LogP) is 3.23. The third-order valence-corrected chi connectivity index (χ3v) is 7.18. The second-order valence-electron chi connectivity index (χ2n) is 6.86. The third kappa shape index (κ3) is 3.24. The van der Waals surface area contributed by atoms with Gasteiger partial charge in [0, 0.05) is 26.2 Å². The van der Waals surface area contributed by atoms with Crippen LogP contribution in [0, 0.1) is 11.5 Å². The lowest BCUT2D eigenvalue weighted by Crippen LogP contribution is -2.50. The van der Waals surface area contributed by atoms with Crippen molar-refractivity contribution in [3.63, 3.8) is 0 Å². The number of aromatic nitrogens is 2. The molecule has 3 heterocycles. The van der Waals surface area contributed by atoms with Crippen LogP contribution in [0.3, 0.4) is 0 Å². The van der Waals surface area contributed by atoms with E-state index in [0.29, 0.717) is 44.7 Å². The molecule has 0 spiro atoms. The van der Waals surface area contributed by atoms with Crippen molar-refractivity contribution in [2.45, 2.75) is 25.1 Å². The summed E-state index contributed by atoms with van der Waals surface area (Å²) in [7, 11) is -3.35. The van der Waals surface area contributed by atoms with Gasteiger partial charge >= 0.3 is 6.18 Å². The van der Waals surface area contributed by atoms with Crippen LogP contribution in [-0.4, -0.2) is 60.5 Å². The fraction of sp³-hybridized carbons (Fsp3) is 0.500. The number of alkyl halides is 3. The van der Waals surface area contributed by atoms with Crippen LogP contribution in [0.25, 0.3) is 11.0 Å². The zero-order valence-electron chi connectivity index (χ0n) is 14.7.